The summed E-state index contributed by atoms with van der Waals surface area (Å²) in [6.45, 7) is -0.0899. The predicted molar refractivity (Wildman–Crippen MR) is 79.0 cm³/mol. The Labute approximate surface area is 125 Å². The van der Waals surface area contributed by atoms with Crippen LogP contribution in [0.25, 0.3) is 11.2 Å². The van der Waals surface area contributed by atoms with Gasteiger partial charge in [-0.15, -0.1) is 5.10 Å². The lowest BCUT2D eigenvalue weighted by Crippen LogP contribution is -2.16. The second-order valence-corrected chi connectivity index (χ2v) is 4.85. The number of anilines is 1. The normalized spacial score (nSPS) is 12.5. The number of aromatic nitrogens is 5. The second kappa shape index (κ2) is 5.63. The first-order valence-electron chi connectivity index (χ1n) is 6.34. The first-order chi connectivity index (χ1) is 10.2. The van der Waals surface area contributed by atoms with Crippen molar-refractivity contribution < 1.29 is 5.11 Å². The van der Waals surface area contributed by atoms with Gasteiger partial charge in [0, 0.05) is 7.05 Å². The van der Waals surface area contributed by atoms with Gasteiger partial charge in [0.2, 0.25) is 5.28 Å². The number of nitrogens with one attached hydrogen (secondary N) is 1. The molecule has 2 aromatic heterocycles. The van der Waals surface area contributed by atoms with E-state index in [2.05, 4.69) is 25.6 Å². The number of rotatable bonds is 4. The van der Waals surface area contributed by atoms with Crippen LogP contribution in [-0.4, -0.2) is 36.7 Å². The van der Waals surface area contributed by atoms with Crippen LogP contribution in [0, 0.1) is 0 Å². The number of fused-ring (bicyclic) bond motifs is 1. The van der Waals surface area contributed by atoms with E-state index >= 15 is 0 Å². The summed E-state index contributed by atoms with van der Waals surface area (Å²) in [6.07, 6.45) is 0. The summed E-state index contributed by atoms with van der Waals surface area (Å²) in [6, 6.07) is 9.26. The van der Waals surface area contributed by atoms with E-state index in [0.717, 1.165) is 5.56 Å². The monoisotopic (exact) mass is 304 g/mol. The highest BCUT2D eigenvalue weighted by atomic mass is 35.5. The maximum atomic E-state index is 9.61. The lowest BCUT2D eigenvalue weighted by atomic mass is 10.1. The van der Waals surface area contributed by atoms with E-state index in [0.29, 0.717) is 17.0 Å². The molecule has 2 heterocycles. The van der Waals surface area contributed by atoms with Gasteiger partial charge in [-0.3, -0.25) is 0 Å². The maximum Gasteiger partial charge on any atom is 0.226 e. The third-order valence-corrected chi connectivity index (χ3v) is 3.29. The molecule has 0 saturated carbocycles. The van der Waals surface area contributed by atoms with E-state index in [1.54, 1.807) is 7.05 Å². The lowest BCUT2D eigenvalue weighted by Gasteiger charge is -2.17. The predicted octanol–water partition coefficient (Wildman–Crippen LogP) is 1.56. The van der Waals surface area contributed by atoms with Gasteiger partial charge in [-0.1, -0.05) is 35.5 Å². The van der Waals surface area contributed by atoms with Crippen molar-refractivity contribution in [3.05, 3.63) is 41.2 Å². The summed E-state index contributed by atoms with van der Waals surface area (Å²) < 4.78 is 1.52. The highest BCUT2D eigenvalue weighted by Gasteiger charge is 2.17. The molecule has 0 spiro atoms. The molecule has 1 atom stereocenters. The zero-order valence-electron chi connectivity index (χ0n) is 11.2. The Morgan fingerprint density at radius 3 is 2.76 bits per heavy atom. The smallest absolute Gasteiger partial charge is 0.226 e. The van der Waals surface area contributed by atoms with Crippen molar-refractivity contribution in [2.45, 2.75) is 6.04 Å². The van der Waals surface area contributed by atoms with Gasteiger partial charge in [0.05, 0.1) is 12.6 Å². The zero-order chi connectivity index (χ0) is 14.8. The first kappa shape index (κ1) is 13.7. The molecule has 108 valence electrons. The molecule has 1 aromatic carbocycles. The molecule has 0 radical (unpaired) electrons. The van der Waals surface area contributed by atoms with Crippen molar-refractivity contribution in [3.8, 4) is 0 Å². The Morgan fingerprint density at radius 2 is 2.05 bits per heavy atom. The summed E-state index contributed by atoms with van der Waals surface area (Å²) in [5, 5.41) is 20.8. The van der Waals surface area contributed by atoms with E-state index in [-0.39, 0.29) is 17.9 Å². The molecule has 1 unspecified atom stereocenters. The Bertz CT molecular complexity index is 760. The largest absolute Gasteiger partial charge is 0.394 e. The molecule has 2 N–H and O–H groups in total. The van der Waals surface area contributed by atoms with Gasteiger partial charge >= 0.3 is 0 Å². The number of hydrogen-bond acceptors (Lipinski definition) is 6. The molecule has 0 aliphatic carbocycles. The highest BCUT2D eigenvalue weighted by molar-refractivity contribution is 6.28. The molecule has 0 bridgehead atoms. The van der Waals surface area contributed by atoms with Crippen molar-refractivity contribution in [1.29, 1.82) is 0 Å². The molecule has 0 fully saturated rings. The summed E-state index contributed by atoms with van der Waals surface area (Å²) in [5.41, 5.74) is 1.98. The number of nitrogens with zero attached hydrogens (tertiary/aromatic N) is 5. The summed E-state index contributed by atoms with van der Waals surface area (Å²) >= 11 is 5.93. The molecule has 0 amide bonds. The van der Waals surface area contributed by atoms with Gasteiger partial charge in [0.15, 0.2) is 17.0 Å². The summed E-state index contributed by atoms with van der Waals surface area (Å²) in [5.74, 6) is 0.445. The number of hydrogen-bond donors (Lipinski definition) is 2. The highest BCUT2D eigenvalue weighted by Crippen LogP contribution is 2.24. The van der Waals surface area contributed by atoms with Crippen LogP contribution in [0.2, 0.25) is 5.28 Å². The standard InChI is InChI=1S/C13H13ClN6O/c1-20-12-10(18-19-20)11(16-13(14)17-12)15-9(7-21)8-5-3-2-4-6-8/h2-6,9,21H,7H2,1H3,(H,15,16,17). The number of halogens is 1. The Hall–Kier alpha value is -2.25. The fraction of sp³-hybridized carbons (Fsp3) is 0.231. The average Bonchev–Trinajstić information content (AvgIpc) is 2.87. The van der Waals surface area contributed by atoms with Gasteiger partial charge in [0.25, 0.3) is 0 Å². The molecule has 21 heavy (non-hydrogen) atoms. The summed E-state index contributed by atoms with van der Waals surface area (Å²) in [4.78, 5) is 8.24. The molecule has 7 nitrogen and oxygen atoms in total. The van der Waals surface area contributed by atoms with Crippen LogP contribution in [0.1, 0.15) is 11.6 Å². The number of benzene rings is 1. The van der Waals surface area contributed by atoms with Gasteiger partial charge < -0.3 is 10.4 Å². The van der Waals surface area contributed by atoms with Crippen LogP contribution in [0.3, 0.4) is 0 Å². The quantitative estimate of drug-likeness (QED) is 0.711. The maximum absolute atomic E-state index is 9.61. The van der Waals surface area contributed by atoms with Crippen LogP contribution >= 0.6 is 11.6 Å². The fourth-order valence-electron chi connectivity index (χ4n) is 2.07. The molecular weight excluding hydrogens is 292 g/mol. The zero-order valence-corrected chi connectivity index (χ0v) is 12.0. The third kappa shape index (κ3) is 2.65. The first-order valence-corrected chi connectivity index (χ1v) is 6.72. The van der Waals surface area contributed by atoms with E-state index in [4.69, 9.17) is 11.6 Å². The molecule has 8 heteroatoms. The van der Waals surface area contributed by atoms with Gasteiger partial charge in [-0.25, -0.2) is 4.68 Å². The number of aliphatic hydroxyl groups excluding tert-OH is 1. The van der Waals surface area contributed by atoms with E-state index in [1.165, 1.54) is 4.68 Å². The van der Waals surface area contributed by atoms with Crippen LogP contribution in [0.4, 0.5) is 5.82 Å². The van der Waals surface area contributed by atoms with Crippen LogP contribution in [0.5, 0.6) is 0 Å². The van der Waals surface area contributed by atoms with Crippen LogP contribution in [-0.2, 0) is 7.05 Å². The molecule has 3 rings (SSSR count). The Morgan fingerprint density at radius 1 is 1.29 bits per heavy atom. The third-order valence-electron chi connectivity index (χ3n) is 3.12. The number of aliphatic hydroxyl groups is 1. The molecular formula is C13H13ClN6O. The van der Waals surface area contributed by atoms with Crippen molar-refractivity contribution in [1.82, 2.24) is 25.0 Å². The van der Waals surface area contributed by atoms with Crippen molar-refractivity contribution in [3.63, 3.8) is 0 Å². The number of aryl methyl sites for hydroxylation is 1. The van der Waals surface area contributed by atoms with Crippen molar-refractivity contribution in [2.75, 3.05) is 11.9 Å². The van der Waals surface area contributed by atoms with Crippen molar-refractivity contribution >= 4 is 28.6 Å². The minimum absolute atomic E-state index is 0.0899. The van der Waals surface area contributed by atoms with E-state index in [9.17, 15) is 5.11 Å². The lowest BCUT2D eigenvalue weighted by molar-refractivity contribution is 0.276. The second-order valence-electron chi connectivity index (χ2n) is 4.52. The fourth-order valence-corrected chi connectivity index (χ4v) is 2.24. The molecule has 0 aliphatic heterocycles. The SMILES string of the molecule is Cn1nnc2c(NC(CO)c3ccccc3)nc(Cl)nc21. The minimum atomic E-state index is -0.317. The van der Waals surface area contributed by atoms with Gasteiger partial charge in [-0.2, -0.15) is 9.97 Å². The molecule has 3 aromatic rings. The summed E-state index contributed by atoms with van der Waals surface area (Å²) in [7, 11) is 1.73. The minimum Gasteiger partial charge on any atom is -0.394 e. The van der Waals surface area contributed by atoms with Crippen molar-refractivity contribution in [2.24, 2.45) is 7.05 Å². The topological polar surface area (TPSA) is 88.8 Å². The molecule has 0 aliphatic rings. The van der Waals surface area contributed by atoms with Crippen LogP contribution < -0.4 is 5.32 Å². The van der Waals surface area contributed by atoms with Gasteiger partial charge in [0.1, 0.15) is 0 Å². The Kier molecular flexibility index (Phi) is 3.68. The van der Waals surface area contributed by atoms with Gasteiger partial charge in [-0.05, 0) is 17.2 Å². The van der Waals surface area contributed by atoms with Crippen LogP contribution in [0.15, 0.2) is 30.3 Å². The average molecular weight is 305 g/mol. The van der Waals surface area contributed by atoms with E-state index < -0.39 is 0 Å². The molecule has 0 saturated heterocycles. The van der Waals surface area contributed by atoms with E-state index in [1.807, 2.05) is 30.3 Å². The Balaban J connectivity index is 2.00.